The first kappa shape index (κ1) is 11.1. The molecule has 3 nitrogen and oxygen atoms in total. The monoisotopic (exact) mass is 219 g/mol. The number of esters is 1. The van der Waals surface area contributed by atoms with Crippen molar-refractivity contribution in [1.29, 1.82) is 0 Å². The molecule has 1 aliphatic rings. The smallest absolute Gasteiger partial charge is 0.311 e. The van der Waals surface area contributed by atoms with Crippen LogP contribution in [0.5, 0.6) is 0 Å². The Morgan fingerprint density at radius 1 is 1.38 bits per heavy atom. The van der Waals surface area contributed by atoms with Gasteiger partial charge >= 0.3 is 5.97 Å². The molecule has 0 bridgehead atoms. The SMILES string of the molecule is COC(=O)C1CN(C(C)c2ccccc2)C1. The largest absolute Gasteiger partial charge is 0.469 e. The number of methoxy groups -OCH3 is 1. The van der Waals surface area contributed by atoms with Crippen LogP contribution in [0.1, 0.15) is 18.5 Å². The van der Waals surface area contributed by atoms with Crippen LogP contribution in [0.3, 0.4) is 0 Å². The lowest BCUT2D eigenvalue weighted by Gasteiger charge is -2.41. The topological polar surface area (TPSA) is 29.5 Å². The number of likely N-dealkylation sites (tertiary alicyclic amines) is 1. The molecule has 1 aromatic carbocycles. The zero-order chi connectivity index (χ0) is 11.5. The lowest BCUT2D eigenvalue weighted by Crippen LogP contribution is -2.51. The number of carbonyl (C=O) groups excluding carboxylic acids is 1. The highest BCUT2D eigenvalue weighted by Crippen LogP contribution is 2.28. The van der Waals surface area contributed by atoms with Crippen LogP contribution in [0.25, 0.3) is 0 Å². The maximum absolute atomic E-state index is 11.2. The standard InChI is InChI=1S/C13H17NO2/c1-10(11-6-4-3-5-7-11)14-8-12(9-14)13(15)16-2/h3-7,10,12H,8-9H2,1-2H3. The fourth-order valence-corrected chi connectivity index (χ4v) is 2.09. The number of carbonyl (C=O) groups is 1. The van der Waals surface area contributed by atoms with Gasteiger partial charge in [0.25, 0.3) is 0 Å². The first-order valence-corrected chi connectivity index (χ1v) is 5.59. The molecule has 1 heterocycles. The summed E-state index contributed by atoms with van der Waals surface area (Å²) in [6.45, 7) is 3.79. The van der Waals surface area contributed by atoms with Crippen LogP contribution in [0.15, 0.2) is 30.3 Å². The van der Waals surface area contributed by atoms with Gasteiger partial charge in [-0.2, -0.15) is 0 Å². The Kier molecular flexibility index (Phi) is 3.25. The molecule has 0 spiro atoms. The van der Waals surface area contributed by atoms with Gasteiger partial charge < -0.3 is 4.74 Å². The first-order valence-electron chi connectivity index (χ1n) is 5.59. The normalized spacial score (nSPS) is 18.9. The second kappa shape index (κ2) is 4.66. The van der Waals surface area contributed by atoms with Gasteiger partial charge in [0, 0.05) is 19.1 Å². The number of hydrogen-bond acceptors (Lipinski definition) is 3. The van der Waals surface area contributed by atoms with E-state index >= 15 is 0 Å². The van der Waals surface area contributed by atoms with E-state index in [1.165, 1.54) is 12.7 Å². The van der Waals surface area contributed by atoms with E-state index in [1.807, 2.05) is 18.2 Å². The third kappa shape index (κ3) is 2.09. The summed E-state index contributed by atoms with van der Waals surface area (Å²) in [5.74, 6) is -0.0207. The van der Waals surface area contributed by atoms with Crippen molar-refractivity contribution in [2.75, 3.05) is 20.2 Å². The second-order valence-corrected chi connectivity index (χ2v) is 4.26. The predicted molar refractivity (Wildman–Crippen MR) is 61.9 cm³/mol. The molecule has 1 aromatic rings. The number of rotatable bonds is 3. The fourth-order valence-electron chi connectivity index (χ4n) is 2.09. The van der Waals surface area contributed by atoms with E-state index in [9.17, 15) is 4.79 Å². The van der Waals surface area contributed by atoms with Gasteiger partial charge in [0.05, 0.1) is 13.0 Å². The van der Waals surface area contributed by atoms with E-state index in [0.29, 0.717) is 6.04 Å². The van der Waals surface area contributed by atoms with Gasteiger partial charge in [-0.3, -0.25) is 9.69 Å². The third-order valence-electron chi connectivity index (χ3n) is 3.27. The molecule has 2 rings (SSSR count). The van der Waals surface area contributed by atoms with Gasteiger partial charge in [-0.05, 0) is 12.5 Å². The third-order valence-corrected chi connectivity index (χ3v) is 3.27. The van der Waals surface area contributed by atoms with Crippen LogP contribution < -0.4 is 0 Å². The van der Waals surface area contributed by atoms with Gasteiger partial charge in [-0.25, -0.2) is 0 Å². The quantitative estimate of drug-likeness (QED) is 0.727. The molecular formula is C13H17NO2. The highest BCUT2D eigenvalue weighted by molar-refractivity contribution is 5.73. The van der Waals surface area contributed by atoms with Crippen molar-refractivity contribution in [1.82, 2.24) is 4.90 Å². The summed E-state index contributed by atoms with van der Waals surface area (Å²) in [6.07, 6.45) is 0. The van der Waals surface area contributed by atoms with Crippen molar-refractivity contribution < 1.29 is 9.53 Å². The molecule has 1 unspecified atom stereocenters. The van der Waals surface area contributed by atoms with Crippen molar-refractivity contribution in [2.24, 2.45) is 5.92 Å². The Bertz CT molecular complexity index is 357. The molecule has 1 aliphatic heterocycles. The molecule has 0 aliphatic carbocycles. The number of nitrogens with zero attached hydrogens (tertiary/aromatic N) is 1. The Labute approximate surface area is 96.0 Å². The number of hydrogen-bond donors (Lipinski definition) is 0. The Morgan fingerprint density at radius 3 is 2.56 bits per heavy atom. The zero-order valence-corrected chi connectivity index (χ0v) is 9.72. The Morgan fingerprint density at radius 2 is 2.00 bits per heavy atom. The molecule has 0 N–H and O–H groups in total. The molecule has 0 amide bonds. The molecule has 86 valence electrons. The van der Waals surface area contributed by atoms with E-state index in [1.54, 1.807) is 0 Å². The Balaban J connectivity index is 1.91. The molecule has 16 heavy (non-hydrogen) atoms. The van der Waals surface area contributed by atoms with Gasteiger partial charge in [-0.15, -0.1) is 0 Å². The Hall–Kier alpha value is -1.35. The minimum Gasteiger partial charge on any atom is -0.469 e. The molecule has 0 saturated carbocycles. The minimum atomic E-state index is -0.0866. The van der Waals surface area contributed by atoms with Crippen molar-refractivity contribution in [2.45, 2.75) is 13.0 Å². The average molecular weight is 219 g/mol. The number of ether oxygens (including phenoxy) is 1. The van der Waals surface area contributed by atoms with Crippen molar-refractivity contribution in [3.63, 3.8) is 0 Å². The van der Waals surface area contributed by atoms with Crippen LogP contribution in [0, 0.1) is 5.92 Å². The van der Waals surface area contributed by atoms with Crippen molar-refractivity contribution in [3.8, 4) is 0 Å². The van der Waals surface area contributed by atoms with Gasteiger partial charge in [0.15, 0.2) is 0 Å². The highest BCUT2D eigenvalue weighted by atomic mass is 16.5. The van der Waals surface area contributed by atoms with Crippen LogP contribution in [-0.4, -0.2) is 31.1 Å². The number of benzene rings is 1. The van der Waals surface area contributed by atoms with E-state index in [-0.39, 0.29) is 11.9 Å². The summed E-state index contributed by atoms with van der Waals surface area (Å²) in [7, 11) is 1.45. The maximum Gasteiger partial charge on any atom is 0.311 e. The first-order chi connectivity index (χ1) is 7.72. The average Bonchev–Trinajstić information content (AvgIpc) is 2.27. The lowest BCUT2D eigenvalue weighted by atomic mass is 9.95. The molecule has 3 heteroatoms. The highest BCUT2D eigenvalue weighted by Gasteiger charge is 2.36. The summed E-state index contributed by atoms with van der Waals surface area (Å²) < 4.78 is 4.72. The van der Waals surface area contributed by atoms with Crippen LogP contribution in [0.2, 0.25) is 0 Å². The fraction of sp³-hybridized carbons (Fsp3) is 0.462. The van der Waals surface area contributed by atoms with Crippen molar-refractivity contribution >= 4 is 5.97 Å². The summed E-state index contributed by atoms with van der Waals surface area (Å²) in [4.78, 5) is 13.5. The van der Waals surface area contributed by atoms with Gasteiger partial charge in [0.1, 0.15) is 0 Å². The summed E-state index contributed by atoms with van der Waals surface area (Å²) in [6, 6.07) is 10.7. The molecule has 1 atom stereocenters. The van der Waals surface area contributed by atoms with E-state index in [4.69, 9.17) is 4.74 Å². The van der Waals surface area contributed by atoms with Crippen LogP contribution in [0.4, 0.5) is 0 Å². The molecule has 0 aromatic heterocycles. The lowest BCUT2D eigenvalue weighted by molar-refractivity contribution is -0.152. The summed E-state index contributed by atoms with van der Waals surface area (Å²) in [5.41, 5.74) is 1.30. The maximum atomic E-state index is 11.2. The molecular weight excluding hydrogens is 202 g/mol. The van der Waals surface area contributed by atoms with Gasteiger partial charge in [-0.1, -0.05) is 30.3 Å². The predicted octanol–water partition coefficient (Wildman–Crippen LogP) is 1.85. The van der Waals surface area contributed by atoms with Crippen molar-refractivity contribution in [3.05, 3.63) is 35.9 Å². The summed E-state index contributed by atoms with van der Waals surface area (Å²) >= 11 is 0. The van der Waals surface area contributed by atoms with Crippen LogP contribution >= 0.6 is 0 Å². The molecule has 1 saturated heterocycles. The molecule has 0 radical (unpaired) electrons. The second-order valence-electron chi connectivity index (χ2n) is 4.26. The van der Waals surface area contributed by atoms with Crippen LogP contribution in [-0.2, 0) is 9.53 Å². The summed E-state index contributed by atoms with van der Waals surface area (Å²) in [5, 5.41) is 0. The molecule has 1 fully saturated rings. The van der Waals surface area contributed by atoms with E-state index < -0.39 is 0 Å². The van der Waals surface area contributed by atoms with E-state index in [0.717, 1.165) is 13.1 Å². The zero-order valence-electron chi connectivity index (χ0n) is 9.72. The minimum absolute atomic E-state index is 0.0659. The van der Waals surface area contributed by atoms with E-state index in [2.05, 4.69) is 24.0 Å². The van der Waals surface area contributed by atoms with Gasteiger partial charge in [0.2, 0.25) is 0 Å².